The molecule has 0 bridgehead atoms. The second-order valence-corrected chi connectivity index (χ2v) is 11.6. The van der Waals surface area contributed by atoms with Crippen molar-refractivity contribution < 1.29 is 50.6 Å². The van der Waals surface area contributed by atoms with Crippen LogP contribution in [0.3, 0.4) is 0 Å². The van der Waals surface area contributed by atoms with Crippen LogP contribution in [0.25, 0.3) is 0 Å². The van der Waals surface area contributed by atoms with Crippen molar-refractivity contribution in [2.45, 2.75) is 71.3 Å². The van der Waals surface area contributed by atoms with E-state index in [1.54, 1.807) is 5.32 Å². The fourth-order valence-corrected chi connectivity index (χ4v) is 3.97. The Kier molecular flexibility index (Phi) is 15.1. The zero-order valence-corrected chi connectivity index (χ0v) is 27.2. The van der Waals surface area contributed by atoms with E-state index in [2.05, 4.69) is 26.1 Å². The van der Waals surface area contributed by atoms with Crippen LogP contribution in [-0.4, -0.2) is 61.6 Å². The van der Waals surface area contributed by atoms with Gasteiger partial charge in [0.15, 0.2) is 0 Å². The molecule has 46 heavy (non-hydrogen) atoms. The molecule has 2 aromatic carbocycles. The molecule has 2 aromatic rings. The Bertz CT molecular complexity index is 1330. The number of hydrogen-bond acceptors (Lipinski definition) is 6. The lowest BCUT2D eigenvalue weighted by molar-refractivity contribution is -0.175. The highest BCUT2D eigenvalue weighted by atomic mass is 35.5. The first-order chi connectivity index (χ1) is 21.1. The number of ether oxygens (including phenoxy) is 2. The standard InChI is InChI=1S/C25H25ClF5N3O5.C6H14O/c1-13(2)19(21(36)25(29,30)31)34-22(37)20(14-7-9-17(39-3)10-8-14)33-18(35)12-32-23(38)24(27,28)15-5-4-6-16(26)11-15;1-5-7-6(2,3)4/h4-11,13,19-20H,12H2,1-3H3,(H,32,38)(H,33,35)(H,34,37);5H2,1-4H3/t19-,20?;/m0./s1. The molecule has 2 rings (SSSR count). The first kappa shape index (κ1) is 40.2. The van der Waals surface area contributed by atoms with Gasteiger partial charge < -0.3 is 25.4 Å². The topological polar surface area (TPSA) is 123 Å². The molecule has 3 amide bonds. The molecular formula is C31H39ClF5N3O6. The van der Waals surface area contributed by atoms with Crippen LogP contribution >= 0.6 is 11.6 Å². The third-order valence-corrected chi connectivity index (χ3v) is 6.24. The third kappa shape index (κ3) is 12.9. The Morgan fingerprint density at radius 3 is 1.93 bits per heavy atom. The summed E-state index contributed by atoms with van der Waals surface area (Å²) in [6.45, 7) is 10.5. The summed E-state index contributed by atoms with van der Waals surface area (Å²) < 4.78 is 78.4. The third-order valence-electron chi connectivity index (χ3n) is 6.00. The highest BCUT2D eigenvalue weighted by molar-refractivity contribution is 6.30. The minimum Gasteiger partial charge on any atom is -0.497 e. The van der Waals surface area contributed by atoms with Crippen LogP contribution in [0, 0.1) is 5.92 Å². The van der Waals surface area contributed by atoms with E-state index in [4.69, 9.17) is 21.1 Å². The fraction of sp³-hybridized carbons (Fsp3) is 0.484. The van der Waals surface area contributed by atoms with E-state index < -0.39 is 65.7 Å². The van der Waals surface area contributed by atoms with Gasteiger partial charge in [-0.15, -0.1) is 0 Å². The largest absolute Gasteiger partial charge is 0.497 e. The Morgan fingerprint density at radius 2 is 1.50 bits per heavy atom. The quantitative estimate of drug-likeness (QED) is 0.255. The average Bonchev–Trinajstić information content (AvgIpc) is 2.96. The van der Waals surface area contributed by atoms with Gasteiger partial charge in [0.2, 0.25) is 11.8 Å². The highest BCUT2D eigenvalue weighted by Gasteiger charge is 2.46. The predicted octanol–water partition coefficient (Wildman–Crippen LogP) is 5.51. The SMILES string of the molecule is CCOC(C)(C)C.COc1ccc(C(NC(=O)CNC(=O)C(F)(F)c2cccc(Cl)c2)C(=O)N[C@H](C(=O)C(F)(F)F)C(C)C)cc1. The Balaban J connectivity index is 0.00000135. The molecule has 15 heteroatoms. The van der Waals surface area contributed by atoms with Crippen LogP contribution in [0.2, 0.25) is 5.02 Å². The zero-order valence-electron chi connectivity index (χ0n) is 26.5. The van der Waals surface area contributed by atoms with E-state index in [0.717, 1.165) is 18.7 Å². The molecule has 0 aliphatic heterocycles. The molecule has 9 nitrogen and oxygen atoms in total. The van der Waals surface area contributed by atoms with Gasteiger partial charge in [-0.25, -0.2) is 0 Å². The molecule has 0 saturated carbocycles. The van der Waals surface area contributed by atoms with Gasteiger partial charge in [0.1, 0.15) is 11.8 Å². The van der Waals surface area contributed by atoms with Crippen molar-refractivity contribution in [1.82, 2.24) is 16.0 Å². The molecule has 0 radical (unpaired) electrons. The van der Waals surface area contributed by atoms with Crippen LogP contribution in [0.15, 0.2) is 48.5 Å². The van der Waals surface area contributed by atoms with Crippen molar-refractivity contribution in [2.24, 2.45) is 5.92 Å². The zero-order chi connectivity index (χ0) is 35.5. The first-order valence-corrected chi connectivity index (χ1v) is 14.4. The minimum atomic E-state index is -5.24. The Hall–Kier alpha value is -3.78. The van der Waals surface area contributed by atoms with E-state index in [0.29, 0.717) is 5.75 Å². The van der Waals surface area contributed by atoms with Crippen molar-refractivity contribution >= 4 is 35.1 Å². The maximum absolute atomic E-state index is 14.5. The number of ketones is 1. The number of alkyl halides is 5. The van der Waals surface area contributed by atoms with Gasteiger partial charge in [-0.1, -0.05) is 49.7 Å². The Morgan fingerprint density at radius 1 is 0.913 bits per heavy atom. The van der Waals surface area contributed by atoms with Crippen molar-refractivity contribution in [3.63, 3.8) is 0 Å². The second kappa shape index (κ2) is 17.2. The van der Waals surface area contributed by atoms with Gasteiger partial charge >= 0.3 is 12.1 Å². The molecule has 1 unspecified atom stereocenters. The molecule has 2 atom stereocenters. The molecule has 0 fully saturated rings. The molecule has 256 valence electrons. The van der Waals surface area contributed by atoms with Gasteiger partial charge in [-0.2, -0.15) is 22.0 Å². The lowest BCUT2D eigenvalue weighted by atomic mass is 9.98. The van der Waals surface area contributed by atoms with Crippen molar-refractivity contribution in [3.8, 4) is 5.75 Å². The van der Waals surface area contributed by atoms with Crippen LogP contribution < -0.4 is 20.7 Å². The molecular weight excluding hydrogens is 641 g/mol. The van der Waals surface area contributed by atoms with Crippen molar-refractivity contribution in [3.05, 3.63) is 64.7 Å². The highest BCUT2D eigenvalue weighted by Crippen LogP contribution is 2.30. The van der Waals surface area contributed by atoms with Crippen LogP contribution in [-0.2, 0) is 29.8 Å². The summed E-state index contributed by atoms with van der Waals surface area (Å²) in [5, 5.41) is 5.89. The van der Waals surface area contributed by atoms with Gasteiger partial charge in [0.25, 0.3) is 11.7 Å². The number of rotatable bonds is 12. The number of Topliss-reactive ketones (excluding diaryl/α,β-unsaturated/α-hetero) is 1. The molecule has 0 heterocycles. The van der Waals surface area contributed by atoms with Gasteiger partial charge in [-0.05, 0) is 63.4 Å². The number of carbonyl (C=O) groups excluding carboxylic acids is 4. The van der Waals surface area contributed by atoms with E-state index in [1.807, 2.05) is 12.2 Å². The van der Waals surface area contributed by atoms with Crippen LogP contribution in [0.4, 0.5) is 22.0 Å². The number of hydrogen-bond donors (Lipinski definition) is 3. The molecule has 0 saturated heterocycles. The van der Waals surface area contributed by atoms with E-state index in [1.165, 1.54) is 57.4 Å². The maximum Gasteiger partial charge on any atom is 0.452 e. The molecule has 0 spiro atoms. The summed E-state index contributed by atoms with van der Waals surface area (Å²) in [7, 11) is 1.36. The lowest BCUT2D eigenvalue weighted by Gasteiger charge is -2.26. The monoisotopic (exact) mass is 679 g/mol. The van der Waals surface area contributed by atoms with Crippen molar-refractivity contribution in [2.75, 3.05) is 20.3 Å². The van der Waals surface area contributed by atoms with Gasteiger partial charge in [0.05, 0.1) is 25.3 Å². The van der Waals surface area contributed by atoms with E-state index in [-0.39, 0.29) is 16.2 Å². The smallest absolute Gasteiger partial charge is 0.452 e. The summed E-state index contributed by atoms with van der Waals surface area (Å²) in [5.41, 5.74) is -0.606. The second-order valence-electron chi connectivity index (χ2n) is 11.2. The molecule has 3 N–H and O–H groups in total. The Labute approximate surface area is 269 Å². The lowest BCUT2D eigenvalue weighted by Crippen LogP contribution is -2.53. The van der Waals surface area contributed by atoms with Gasteiger partial charge in [0, 0.05) is 17.2 Å². The van der Waals surface area contributed by atoms with Gasteiger partial charge in [-0.3, -0.25) is 19.2 Å². The summed E-state index contributed by atoms with van der Waals surface area (Å²) in [5.74, 6) is -11.0. The molecule has 0 aliphatic rings. The first-order valence-electron chi connectivity index (χ1n) is 14.0. The van der Waals surface area contributed by atoms with Crippen molar-refractivity contribution in [1.29, 1.82) is 0 Å². The summed E-state index contributed by atoms with van der Waals surface area (Å²) in [4.78, 5) is 49.5. The fourth-order valence-electron chi connectivity index (χ4n) is 3.78. The number of halogens is 6. The number of benzene rings is 2. The minimum absolute atomic E-state index is 0.0465. The summed E-state index contributed by atoms with van der Waals surface area (Å²) >= 11 is 5.69. The number of carbonyl (C=O) groups is 4. The van der Waals surface area contributed by atoms with Crippen LogP contribution in [0.5, 0.6) is 5.75 Å². The summed E-state index contributed by atoms with van der Waals surface area (Å²) in [6.07, 6.45) is -5.24. The number of nitrogens with one attached hydrogen (secondary N) is 3. The average molecular weight is 680 g/mol. The summed E-state index contributed by atoms with van der Waals surface area (Å²) in [6, 6.07) is 6.19. The number of methoxy groups -OCH3 is 1. The maximum atomic E-state index is 14.5. The number of amides is 3. The van der Waals surface area contributed by atoms with E-state index in [9.17, 15) is 41.1 Å². The normalized spacial score (nSPS) is 13.1. The molecule has 0 aliphatic carbocycles. The molecule has 0 aromatic heterocycles. The van der Waals surface area contributed by atoms with Crippen LogP contribution in [0.1, 0.15) is 58.7 Å². The predicted molar refractivity (Wildman–Crippen MR) is 161 cm³/mol. The van der Waals surface area contributed by atoms with E-state index >= 15 is 0 Å².